The van der Waals surface area contributed by atoms with Crippen molar-refractivity contribution in [3.63, 3.8) is 0 Å². The monoisotopic (exact) mass is 785 g/mol. The van der Waals surface area contributed by atoms with Crippen LogP contribution in [0, 0.1) is 29.3 Å². The molecule has 4 aromatic carbocycles. The summed E-state index contributed by atoms with van der Waals surface area (Å²) in [6, 6.07) is 13.5. The molecule has 0 unspecified atom stereocenters. The average Bonchev–Trinajstić information content (AvgIpc) is 3.13. The third-order valence-corrected chi connectivity index (χ3v) is 9.33. The van der Waals surface area contributed by atoms with E-state index in [4.69, 9.17) is 9.47 Å². The highest BCUT2D eigenvalue weighted by atomic mass is 19.4. The van der Waals surface area contributed by atoms with E-state index in [9.17, 15) is 49.1 Å². The molecule has 4 aromatic rings. The highest BCUT2D eigenvalue weighted by Gasteiger charge is 2.45. The predicted octanol–water partition coefficient (Wildman–Crippen LogP) is 9.63. The maximum Gasteiger partial charge on any atom is 0.461 e. The van der Waals surface area contributed by atoms with Crippen LogP contribution in [0.4, 0.5) is 43.9 Å². The Morgan fingerprint density at radius 2 is 1.42 bits per heavy atom. The van der Waals surface area contributed by atoms with Gasteiger partial charge in [0.15, 0.2) is 0 Å². The van der Waals surface area contributed by atoms with Gasteiger partial charge < -0.3 is 19.5 Å². The van der Waals surface area contributed by atoms with E-state index in [1.165, 1.54) is 19.2 Å². The van der Waals surface area contributed by atoms with Crippen LogP contribution in [0.25, 0.3) is 0 Å². The minimum Gasteiger partial charge on any atom is -0.493 e. The van der Waals surface area contributed by atoms with Crippen molar-refractivity contribution in [2.24, 2.45) is 11.8 Å². The van der Waals surface area contributed by atoms with E-state index in [2.05, 4.69) is 10.1 Å². The smallest absolute Gasteiger partial charge is 0.461 e. The molecule has 0 radical (unpaired) electrons. The zero-order chi connectivity index (χ0) is 40.1. The molecule has 55 heavy (non-hydrogen) atoms. The Bertz CT molecular complexity index is 1960. The first-order valence-corrected chi connectivity index (χ1v) is 16.8. The first-order chi connectivity index (χ1) is 25.9. The molecule has 1 aliphatic rings. The number of carbonyl (C=O) groups excluding carboxylic acids is 2. The van der Waals surface area contributed by atoms with E-state index in [1.807, 2.05) is 0 Å². The Balaban J connectivity index is 1.55. The first-order valence-electron chi connectivity index (χ1n) is 16.8. The first kappa shape index (κ1) is 40.9. The molecule has 0 heterocycles. The number of hydrogen-bond donors (Lipinski definition) is 1. The lowest BCUT2D eigenvalue weighted by atomic mass is 9.77. The second-order valence-corrected chi connectivity index (χ2v) is 13.1. The van der Waals surface area contributed by atoms with Gasteiger partial charge >= 0.3 is 24.7 Å². The van der Waals surface area contributed by atoms with Crippen LogP contribution in [-0.2, 0) is 27.7 Å². The Kier molecular flexibility index (Phi) is 12.4. The molecule has 5 rings (SSSR count). The van der Waals surface area contributed by atoms with E-state index >= 15 is 4.39 Å². The number of amides is 1. The van der Waals surface area contributed by atoms with Gasteiger partial charge in [-0.05, 0) is 103 Å². The summed E-state index contributed by atoms with van der Waals surface area (Å²) < 4.78 is 154. The number of esters is 1. The fourth-order valence-electron chi connectivity index (χ4n) is 6.47. The van der Waals surface area contributed by atoms with Crippen LogP contribution in [0.2, 0.25) is 0 Å². The topological polar surface area (TPSA) is 73.9 Å². The van der Waals surface area contributed by atoms with Crippen LogP contribution >= 0.6 is 0 Å². The largest absolute Gasteiger partial charge is 0.493 e. The van der Waals surface area contributed by atoms with E-state index in [-0.39, 0.29) is 29.4 Å². The van der Waals surface area contributed by atoms with E-state index in [0.717, 1.165) is 55.3 Å². The lowest BCUT2D eigenvalue weighted by Gasteiger charge is -2.37. The number of rotatable bonds is 13. The number of hydrogen-bond acceptors (Lipinski definition) is 5. The third-order valence-electron chi connectivity index (χ3n) is 9.33. The standard InChI is InChI=1S/C39H33F10NO5/c1-53-35(52)24-6-2-23(3-7-24)21-54-30-13-4-22(5-14-30)20-37(26-9-11-28(40)12-10-26,27-17-29(41)19-31(18-27)55-39(48,49)36(43)44)50-34(51)25-8-15-33(42)32(16-25)38(45,46)47/h4-5,8-19,23-24,36H,2-3,6-7,20-21H2,1H3,(H,50,51)/t23-,24-,37-/m1/s1. The molecule has 1 saturated carbocycles. The Labute approximate surface area is 308 Å². The van der Waals surface area contributed by atoms with Crippen LogP contribution in [-0.4, -0.2) is 38.1 Å². The highest BCUT2D eigenvalue weighted by Crippen LogP contribution is 2.39. The molecule has 1 N–H and O–H groups in total. The number of ether oxygens (including phenoxy) is 3. The van der Waals surface area contributed by atoms with Crippen molar-refractivity contribution in [2.75, 3.05) is 13.7 Å². The normalized spacial score (nSPS) is 17.3. The summed E-state index contributed by atoms with van der Waals surface area (Å²) in [6.45, 7) is 0.315. The van der Waals surface area contributed by atoms with Crippen molar-refractivity contribution < 1.29 is 67.7 Å². The van der Waals surface area contributed by atoms with E-state index in [1.54, 1.807) is 12.1 Å². The van der Waals surface area contributed by atoms with Crippen LogP contribution in [0.5, 0.6) is 11.5 Å². The van der Waals surface area contributed by atoms with Crippen molar-refractivity contribution in [3.8, 4) is 11.5 Å². The van der Waals surface area contributed by atoms with Gasteiger partial charge in [0.25, 0.3) is 5.91 Å². The van der Waals surface area contributed by atoms with Crippen molar-refractivity contribution in [1.82, 2.24) is 5.32 Å². The Morgan fingerprint density at radius 3 is 2.02 bits per heavy atom. The number of methoxy groups -OCH3 is 1. The van der Waals surface area contributed by atoms with E-state index in [0.29, 0.717) is 42.9 Å². The third kappa shape index (κ3) is 9.89. The number of benzene rings is 4. The van der Waals surface area contributed by atoms with Gasteiger partial charge in [0.1, 0.15) is 29.0 Å². The summed E-state index contributed by atoms with van der Waals surface area (Å²) in [5, 5.41) is 2.51. The van der Waals surface area contributed by atoms with E-state index < -0.39 is 76.5 Å². The second-order valence-electron chi connectivity index (χ2n) is 13.1. The van der Waals surface area contributed by atoms with Crippen LogP contribution in [0.15, 0.2) is 84.9 Å². The summed E-state index contributed by atoms with van der Waals surface area (Å²) in [5.41, 5.74) is -4.82. The molecule has 16 heteroatoms. The fraction of sp³-hybridized carbons (Fsp3) is 0.333. The van der Waals surface area contributed by atoms with Gasteiger partial charge in [0.2, 0.25) is 0 Å². The lowest BCUT2D eigenvalue weighted by molar-refractivity contribution is -0.253. The summed E-state index contributed by atoms with van der Waals surface area (Å²) in [4.78, 5) is 25.7. The second kappa shape index (κ2) is 16.6. The molecule has 0 saturated heterocycles. The Hall–Kier alpha value is -5.28. The number of nitrogens with one attached hydrogen (secondary N) is 1. The quantitative estimate of drug-likeness (QED) is 0.108. The maximum absolute atomic E-state index is 15.2. The molecule has 1 fully saturated rings. The maximum atomic E-state index is 15.2. The molecular formula is C39H33F10NO5. The lowest BCUT2D eigenvalue weighted by Crippen LogP contribution is -2.49. The zero-order valence-corrected chi connectivity index (χ0v) is 28.9. The molecule has 0 aliphatic heterocycles. The Morgan fingerprint density at radius 1 is 0.764 bits per heavy atom. The van der Waals surface area contributed by atoms with Gasteiger partial charge in [-0.2, -0.15) is 30.7 Å². The van der Waals surface area contributed by atoms with Crippen LogP contribution in [0.3, 0.4) is 0 Å². The molecule has 0 aromatic heterocycles. The zero-order valence-electron chi connectivity index (χ0n) is 28.9. The molecule has 6 nitrogen and oxygen atoms in total. The molecule has 294 valence electrons. The molecule has 1 amide bonds. The van der Waals surface area contributed by atoms with Gasteiger partial charge in [-0.25, -0.2) is 13.2 Å². The number of carbonyl (C=O) groups is 2. The van der Waals surface area contributed by atoms with Gasteiger partial charge in [-0.3, -0.25) is 9.59 Å². The number of halogens is 10. The van der Waals surface area contributed by atoms with Crippen molar-refractivity contribution in [1.29, 1.82) is 0 Å². The average molecular weight is 786 g/mol. The summed E-state index contributed by atoms with van der Waals surface area (Å²) in [7, 11) is 1.33. The predicted molar refractivity (Wildman–Crippen MR) is 177 cm³/mol. The molecule has 1 atom stereocenters. The summed E-state index contributed by atoms with van der Waals surface area (Å²) >= 11 is 0. The van der Waals surface area contributed by atoms with Crippen molar-refractivity contribution >= 4 is 11.9 Å². The molecule has 0 spiro atoms. The molecule has 0 bridgehead atoms. The number of alkyl halides is 7. The molecule has 1 aliphatic carbocycles. The minimum atomic E-state index is -5.22. The molecular weight excluding hydrogens is 752 g/mol. The summed E-state index contributed by atoms with van der Waals surface area (Å²) in [6.07, 6.45) is -12.4. The van der Waals surface area contributed by atoms with Crippen molar-refractivity contribution in [2.45, 2.75) is 56.4 Å². The highest BCUT2D eigenvalue weighted by molar-refractivity contribution is 5.95. The van der Waals surface area contributed by atoms with Gasteiger partial charge in [-0.1, -0.05) is 24.3 Å². The minimum absolute atomic E-state index is 0.0551. The fourth-order valence-corrected chi connectivity index (χ4v) is 6.47. The van der Waals surface area contributed by atoms with Gasteiger partial charge in [0.05, 0.1) is 30.7 Å². The SMILES string of the molecule is COC(=O)[C@H]1CC[C@H](COc2ccc(C[C@@](NC(=O)c3ccc(F)c(C(F)(F)F)c3)(c3ccc(F)cc3)c3cc(F)cc(OC(F)(F)C(F)F)c3)cc2)CC1. The van der Waals surface area contributed by atoms with Gasteiger partial charge in [0, 0.05) is 18.1 Å². The van der Waals surface area contributed by atoms with Crippen molar-refractivity contribution in [3.05, 3.63) is 130 Å². The van der Waals surface area contributed by atoms with Crippen LogP contribution < -0.4 is 14.8 Å². The summed E-state index contributed by atoms with van der Waals surface area (Å²) in [5.74, 6) is -6.06. The van der Waals surface area contributed by atoms with Gasteiger partial charge in [-0.15, -0.1) is 0 Å². The van der Waals surface area contributed by atoms with Crippen LogP contribution in [0.1, 0.15) is 58.3 Å².